The number of hydrogen-bond acceptors (Lipinski definition) is 9. The highest BCUT2D eigenvalue weighted by Crippen LogP contribution is 2.43. The van der Waals surface area contributed by atoms with E-state index in [0.29, 0.717) is 44.0 Å². The predicted molar refractivity (Wildman–Crippen MR) is 153 cm³/mol. The van der Waals surface area contributed by atoms with Gasteiger partial charge in [-0.3, -0.25) is 9.58 Å². The van der Waals surface area contributed by atoms with Crippen molar-refractivity contribution in [3.63, 3.8) is 0 Å². The molecule has 4 aromatic heterocycles. The fraction of sp³-hybridized carbons (Fsp3) is 0.517. The van der Waals surface area contributed by atoms with Gasteiger partial charge in [-0.2, -0.15) is 18.3 Å². The first-order valence-corrected chi connectivity index (χ1v) is 14.6. The Hall–Kier alpha value is -3.59. The highest BCUT2D eigenvalue weighted by atomic mass is 19.4. The van der Waals surface area contributed by atoms with E-state index in [1.54, 1.807) is 6.07 Å². The van der Waals surface area contributed by atoms with E-state index in [-0.39, 0.29) is 30.7 Å². The maximum atomic E-state index is 13.5. The SMILES string of the molecule is NCC1(n2cc(-c3ncnc4[nH]ccc34)cn2)CC(N2CCC(Oc3cc(CNCCCO)cc(C(F)(F)F)n3)CC2)C1. The number of halogens is 3. The van der Waals surface area contributed by atoms with E-state index in [2.05, 4.69) is 35.3 Å². The topological polar surface area (TPSA) is 143 Å². The van der Waals surface area contributed by atoms with Crippen LogP contribution in [-0.4, -0.2) is 84.7 Å². The molecule has 6 rings (SSSR count). The van der Waals surface area contributed by atoms with Crippen molar-refractivity contribution < 1.29 is 23.0 Å². The number of H-pyrrole nitrogens is 1. The molecule has 14 heteroatoms. The van der Waals surface area contributed by atoms with Crippen LogP contribution < -0.4 is 15.8 Å². The van der Waals surface area contributed by atoms with Crippen LogP contribution >= 0.6 is 0 Å². The van der Waals surface area contributed by atoms with Crippen molar-refractivity contribution in [1.29, 1.82) is 0 Å². The number of aliphatic hydroxyl groups excluding tert-OH is 1. The number of hydrogen-bond donors (Lipinski definition) is 4. The zero-order chi connectivity index (χ0) is 30.0. The van der Waals surface area contributed by atoms with E-state index in [0.717, 1.165) is 54.3 Å². The Morgan fingerprint density at radius 2 is 2.00 bits per heavy atom. The Bertz CT molecular complexity index is 1520. The molecule has 0 bridgehead atoms. The fourth-order valence-corrected chi connectivity index (χ4v) is 6.16. The largest absolute Gasteiger partial charge is 0.474 e. The number of pyridine rings is 1. The van der Waals surface area contributed by atoms with E-state index in [4.69, 9.17) is 15.6 Å². The molecule has 1 saturated heterocycles. The van der Waals surface area contributed by atoms with Gasteiger partial charge in [-0.15, -0.1) is 0 Å². The number of nitrogens with two attached hydrogens (primary N) is 1. The molecule has 2 fully saturated rings. The van der Waals surface area contributed by atoms with Crippen molar-refractivity contribution in [2.75, 3.05) is 32.8 Å². The number of ether oxygens (including phenoxy) is 1. The summed E-state index contributed by atoms with van der Waals surface area (Å²) >= 11 is 0. The zero-order valence-electron chi connectivity index (χ0n) is 23.7. The summed E-state index contributed by atoms with van der Waals surface area (Å²) < 4.78 is 48.5. The van der Waals surface area contributed by atoms with E-state index in [1.807, 2.05) is 29.3 Å². The fourth-order valence-electron chi connectivity index (χ4n) is 6.16. The third kappa shape index (κ3) is 6.23. The number of piperidine rings is 1. The monoisotopic (exact) mass is 599 g/mol. The molecule has 5 heterocycles. The highest BCUT2D eigenvalue weighted by molar-refractivity contribution is 5.90. The van der Waals surface area contributed by atoms with E-state index in [1.165, 1.54) is 6.33 Å². The molecule has 1 saturated carbocycles. The molecule has 0 atom stereocenters. The Morgan fingerprint density at radius 1 is 1.19 bits per heavy atom. The number of aromatic amines is 1. The Morgan fingerprint density at radius 3 is 2.74 bits per heavy atom. The van der Waals surface area contributed by atoms with E-state index < -0.39 is 11.9 Å². The minimum atomic E-state index is -4.57. The van der Waals surface area contributed by atoms with Crippen molar-refractivity contribution in [2.24, 2.45) is 5.73 Å². The Balaban J connectivity index is 1.05. The second-order valence-corrected chi connectivity index (χ2v) is 11.4. The smallest absolute Gasteiger partial charge is 0.433 e. The molecule has 1 aliphatic carbocycles. The lowest BCUT2D eigenvalue weighted by atomic mass is 9.71. The first-order chi connectivity index (χ1) is 20.8. The number of aromatic nitrogens is 6. The molecule has 2 aliphatic rings. The van der Waals surface area contributed by atoms with Gasteiger partial charge in [0.25, 0.3) is 0 Å². The number of aliphatic hydroxyl groups is 1. The number of rotatable bonds is 11. The molecule has 11 nitrogen and oxygen atoms in total. The Labute approximate surface area is 246 Å². The van der Waals surface area contributed by atoms with Crippen molar-refractivity contribution in [1.82, 2.24) is 39.9 Å². The molecular weight excluding hydrogens is 563 g/mol. The van der Waals surface area contributed by atoms with Crippen molar-refractivity contribution in [3.05, 3.63) is 54.4 Å². The van der Waals surface area contributed by atoms with Gasteiger partial charge < -0.3 is 25.9 Å². The quantitative estimate of drug-likeness (QED) is 0.191. The molecule has 230 valence electrons. The van der Waals surface area contributed by atoms with Gasteiger partial charge >= 0.3 is 6.18 Å². The molecule has 4 aromatic rings. The highest BCUT2D eigenvalue weighted by Gasteiger charge is 2.48. The van der Waals surface area contributed by atoms with E-state index in [9.17, 15) is 13.2 Å². The Kier molecular flexibility index (Phi) is 8.36. The molecule has 1 aliphatic heterocycles. The van der Waals surface area contributed by atoms with Crippen LogP contribution in [0.3, 0.4) is 0 Å². The average Bonchev–Trinajstić information content (AvgIpc) is 3.66. The minimum Gasteiger partial charge on any atom is -0.474 e. The first-order valence-electron chi connectivity index (χ1n) is 14.6. The minimum absolute atomic E-state index is 0.00638. The van der Waals surface area contributed by atoms with Gasteiger partial charge in [-0.1, -0.05) is 0 Å². The van der Waals surface area contributed by atoms with Crippen LogP contribution in [0.1, 0.15) is 43.4 Å². The summed E-state index contributed by atoms with van der Waals surface area (Å²) in [6.07, 6.45) is 6.06. The lowest BCUT2D eigenvalue weighted by molar-refractivity contribution is -0.141. The van der Waals surface area contributed by atoms with Crippen LogP contribution in [0.15, 0.2) is 43.1 Å². The summed E-state index contributed by atoms with van der Waals surface area (Å²) in [4.78, 5) is 18.0. The predicted octanol–water partition coefficient (Wildman–Crippen LogP) is 3.07. The van der Waals surface area contributed by atoms with Gasteiger partial charge in [0.05, 0.1) is 17.4 Å². The maximum Gasteiger partial charge on any atom is 0.433 e. The molecule has 0 aromatic carbocycles. The van der Waals surface area contributed by atoms with Gasteiger partial charge in [0.1, 0.15) is 23.8 Å². The van der Waals surface area contributed by atoms with Crippen molar-refractivity contribution in [3.8, 4) is 17.1 Å². The van der Waals surface area contributed by atoms with Crippen molar-refractivity contribution in [2.45, 2.75) is 62.5 Å². The first kappa shape index (κ1) is 29.5. The molecule has 43 heavy (non-hydrogen) atoms. The summed E-state index contributed by atoms with van der Waals surface area (Å²) in [6, 6.07) is 4.90. The number of fused-ring (bicyclic) bond motifs is 1. The molecule has 0 amide bonds. The second kappa shape index (κ2) is 12.2. The van der Waals surface area contributed by atoms with Crippen LogP contribution in [0, 0.1) is 0 Å². The van der Waals surface area contributed by atoms with Gasteiger partial charge in [0, 0.05) is 68.2 Å². The summed E-state index contributed by atoms with van der Waals surface area (Å²) in [7, 11) is 0. The average molecular weight is 600 g/mol. The van der Waals surface area contributed by atoms with Gasteiger partial charge in [0.2, 0.25) is 5.88 Å². The lowest BCUT2D eigenvalue weighted by Crippen LogP contribution is -2.61. The van der Waals surface area contributed by atoms with Crippen LogP contribution in [0.4, 0.5) is 13.2 Å². The number of alkyl halides is 3. The van der Waals surface area contributed by atoms with Crippen LogP contribution in [0.25, 0.3) is 22.3 Å². The maximum absolute atomic E-state index is 13.5. The standard InChI is InChI=1S/C29H36F3N9O2/c30-29(31,32)24-10-19(14-34-5-1-9-42)11-25(39-24)43-22-3-7-40(8-4-22)21-12-28(13-21,17-33)41-16-20(15-38-41)26-23-2-6-35-27(23)37-18-36-26/h2,6,10-11,15-16,18,21-22,34,42H,1,3-5,7-9,12-14,17,33H2,(H,35,36,37). The number of nitrogens with one attached hydrogen (secondary N) is 2. The summed E-state index contributed by atoms with van der Waals surface area (Å²) in [5, 5.41) is 17.6. The zero-order valence-corrected chi connectivity index (χ0v) is 23.7. The van der Waals surface area contributed by atoms with Gasteiger partial charge in [0.15, 0.2) is 0 Å². The summed E-state index contributed by atoms with van der Waals surface area (Å²) in [5.41, 5.74) is 8.00. The van der Waals surface area contributed by atoms with Crippen LogP contribution in [0.5, 0.6) is 5.88 Å². The molecule has 0 radical (unpaired) electrons. The van der Waals surface area contributed by atoms with Crippen LogP contribution in [-0.2, 0) is 18.3 Å². The molecular formula is C29H36F3N9O2. The van der Waals surface area contributed by atoms with E-state index >= 15 is 0 Å². The van der Waals surface area contributed by atoms with Crippen LogP contribution in [0.2, 0.25) is 0 Å². The normalized spacial score (nSPS) is 21.7. The molecule has 0 unspecified atom stereocenters. The molecule has 0 spiro atoms. The number of likely N-dealkylation sites (tertiary alicyclic amines) is 1. The van der Waals surface area contributed by atoms with Gasteiger partial charge in [-0.25, -0.2) is 15.0 Å². The second-order valence-electron chi connectivity index (χ2n) is 11.4. The third-order valence-electron chi connectivity index (χ3n) is 8.58. The summed E-state index contributed by atoms with van der Waals surface area (Å²) in [5.74, 6) is -0.00638. The van der Waals surface area contributed by atoms with Crippen molar-refractivity contribution >= 4 is 11.0 Å². The lowest BCUT2D eigenvalue weighted by Gasteiger charge is -2.52. The summed E-state index contributed by atoms with van der Waals surface area (Å²) in [6.45, 7) is 2.78. The van der Waals surface area contributed by atoms with Gasteiger partial charge in [-0.05, 0) is 56.3 Å². The third-order valence-corrected chi connectivity index (χ3v) is 8.58. The molecule has 5 N–H and O–H groups in total. The number of nitrogens with zero attached hydrogens (tertiary/aromatic N) is 6.